The maximum atomic E-state index is 12.8. The van der Waals surface area contributed by atoms with Crippen molar-refractivity contribution in [1.82, 2.24) is 0 Å². The normalized spacial score (nSPS) is 15.6. The first-order chi connectivity index (χ1) is 13.1. The van der Waals surface area contributed by atoms with Gasteiger partial charge in [0.15, 0.2) is 0 Å². The van der Waals surface area contributed by atoms with Crippen LogP contribution in [-0.2, 0) is 21.0 Å². The number of sulfonamides is 1. The number of carbonyl (C=O) groups is 1. The highest BCUT2D eigenvalue weighted by atomic mass is 32.2. The van der Waals surface area contributed by atoms with Crippen molar-refractivity contribution in [2.75, 3.05) is 16.2 Å². The van der Waals surface area contributed by atoms with Crippen molar-refractivity contribution in [3.05, 3.63) is 53.6 Å². The number of nitrogens with one attached hydrogen (secondary N) is 1. The quantitative estimate of drug-likeness (QED) is 0.813. The Balaban J connectivity index is 1.85. The predicted octanol–water partition coefficient (Wildman–Crippen LogP) is 4.33. The van der Waals surface area contributed by atoms with Gasteiger partial charge in [-0.25, -0.2) is 8.42 Å². The highest BCUT2D eigenvalue weighted by molar-refractivity contribution is 7.92. The number of hydrogen-bond donors (Lipinski definition) is 1. The largest absolute Gasteiger partial charge is 0.416 e. The Morgan fingerprint density at radius 1 is 1.07 bits per heavy atom. The van der Waals surface area contributed by atoms with Crippen molar-refractivity contribution in [3.8, 4) is 0 Å². The number of anilines is 2. The standard InChI is InChI=1S/C19H19F3N2O3S/c1-13-11-15(8-9-17(13)24-10-3-2-7-18(24)25)23-28(26,27)16-6-4-5-14(12-16)19(20,21)22/h4-6,8-9,11-12,23H,2-3,7,10H2,1H3. The summed E-state index contributed by atoms with van der Waals surface area (Å²) in [5.74, 6) is 0.0200. The van der Waals surface area contributed by atoms with Crippen LogP contribution in [0.1, 0.15) is 30.4 Å². The predicted molar refractivity (Wildman–Crippen MR) is 99.6 cm³/mol. The van der Waals surface area contributed by atoms with Crippen LogP contribution in [0.4, 0.5) is 24.5 Å². The van der Waals surface area contributed by atoms with Crippen LogP contribution in [0.5, 0.6) is 0 Å². The third-order valence-corrected chi connectivity index (χ3v) is 5.91. The van der Waals surface area contributed by atoms with Crippen molar-refractivity contribution in [2.45, 2.75) is 37.3 Å². The van der Waals surface area contributed by atoms with Crippen LogP contribution in [0.15, 0.2) is 47.4 Å². The monoisotopic (exact) mass is 412 g/mol. The van der Waals surface area contributed by atoms with E-state index in [1.165, 1.54) is 6.07 Å². The molecular formula is C19H19F3N2O3S. The Morgan fingerprint density at radius 2 is 1.82 bits per heavy atom. The van der Waals surface area contributed by atoms with Gasteiger partial charge in [-0.1, -0.05) is 6.07 Å². The summed E-state index contributed by atoms with van der Waals surface area (Å²) in [6.07, 6.45) is -2.41. The fourth-order valence-electron chi connectivity index (χ4n) is 3.14. The summed E-state index contributed by atoms with van der Waals surface area (Å²) >= 11 is 0. The molecule has 2 aromatic carbocycles. The zero-order chi connectivity index (χ0) is 20.5. The third-order valence-electron chi connectivity index (χ3n) is 4.53. The number of benzene rings is 2. The van der Waals surface area contributed by atoms with E-state index < -0.39 is 26.7 Å². The third kappa shape index (κ3) is 4.30. The number of rotatable bonds is 4. The van der Waals surface area contributed by atoms with Gasteiger partial charge in [0, 0.05) is 24.3 Å². The average Bonchev–Trinajstić information content (AvgIpc) is 2.62. The van der Waals surface area contributed by atoms with E-state index in [1.54, 1.807) is 24.0 Å². The number of carbonyl (C=O) groups excluding carboxylic acids is 1. The number of piperidine rings is 1. The lowest BCUT2D eigenvalue weighted by Gasteiger charge is -2.28. The zero-order valence-corrected chi connectivity index (χ0v) is 15.9. The number of amides is 1. The maximum Gasteiger partial charge on any atom is 0.416 e. The van der Waals surface area contributed by atoms with Gasteiger partial charge in [0.05, 0.1) is 10.5 Å². The Kier molecular flexibility index (Phi) is 5.38. The highest BCUT2D eigenvalue weighted by Crippen LogP contribution is 2.31. The molecule has 150 valence electrons. The lowest BCUT2D eigenvalue weighted by Crippen LogP contribution is -2.35. The first-order valence-corrected chi connectivity index (χ1v) is 10.2. The second-order valence-corrected chi connectivity index (χ2v) is 8.32. The summed E-state index contributed by atoms with van der Waals surface area (Å²) in [6, 6.07) is 8.25. The van der Waals surface area contributed by atoms with Crippen LogP contribution < -0.4 is 9.62 Å². The molecule has 0 aliphatic carbocycles. The fraction of sp³-hybridized carbons (Fsp3) is 0.316. The second-order valence-electron chi connectivity index (χ2n) is 6.63. The molecule has 9 heteroatoms. The van der Waals surface area contributed by atoms with Gasteiger partial charge in [-0.05, 0) is 61.7 Å². The molecule has 1 heterocycles. The van der Waals surface area contributed by atoms with E-state index in [0.29, 0.717) is 30.3 Å². The molecule has 28 heavy (non-hydrogen) atoms. The van der Waals surface area contributed by atoms with Gasteiger partial charge in [-0.3, -0.25) is 9.52 Å². The SMILES string of the molecule is Cc1cc(NS(=O)(=O)c2cccc(C(F)(F)F)c2)ccc1N1CCCCC1=O. The van der Waals surface area contributed by atoms with E-state index in [9.17, 15) is 26.4 Å². The summed E-state index contributed by atoms with van der Waals surface area (Å²) in [5.41, 5.74) is 0.569. The zero-order valence-electron chi connectivity index (χ0n) is 15.1. The van der Waals surface area contributed by atoms with Crippen LogP contribution >= 0.6 is 0 Å². The molecule has 1 fully saturated rings. The molecule has 1 saturated heterocycles. The van der Waals surface area contributed by atoms with Crippen LogP contribution in [0.25, 0.3) is 0 Å². The minimum Gasteiger partial charge on any atom is -0.312 e. The van der Waals surface area contributed by atoms with Crippen molar-refractivity contribution >= 4 is 27.3 Å². The molecule has 1 aliphatic heterocycles. The topological polar surface area (TPSA) is 66.5 Å². The molecule has 1 aliphatic rings. The molecule has 0 saturated carbocycles. The van der Waals surface area contributed by atoms with Gasteiger partial charge in [-0.15, -0.1) is 0 Å². The average molecular weight is 412 g/mol. The Morgan fingerprint density at radius 3 is 2.46 bits per heavy atom. The van der Waals surface area contributed by atoms with E-state index in [0.717, 1.165) is 31.0 Å². The second kappa shape index (κ2) is 7.46. The molecule has 0 radical (unpaired) electrons. The molecule has 3 rings (SSSR count). The van der Waals surface area contributed by atoms with E-state index >= 15 is 0 Å². The number of aryl methyl sites for hydroxylation is 1. The summed E-state index contributed by atoms with van der Waals surface area (Å²) in [7, 11) is -4.19. The van der Waals surface area contributed by atoms with Gasteiger partial charge >= 0.3 is 6.18 Å². The summed E-state index contributed by atoms with van der Waals surface area (Å²) < 4.78 is 65.8. The van der Waals surface area contributed by atoms with Crippen LogP contribution in [0.2, 0.25) is 0 Å². The smallest absolute Gasteiger partial charge is 0.312 e. The van der Waals surface area contributed by atoms with Gasteiger partial charge in [0.2, 0.25) is 5.91 Å². The first kappa shape index (κ1) is 20.2. The van der Waals surface area contributed by atoms with Gasteiger partial charge < -0.3 is 4.90 Å². The Bertz CT molecular complexity index is 1000. The lowest BCUT2D eigenvalue weighted by molar-refractivity contribution is -0.137. The fourth-order valence-corrected chi connectivity index (χ4v) is 4.23. The molecule has 5 nitrogen and oxygen atoms in total. The van der Waals surface area contributed by atoms with Crippen molar-refractivity contribution in [2.24, 2.45) is 0 Å². The van der Waals surface area contributed by atoms with Crippen LogP contribution in [-0.4, -0.2) is 20.9 Å². The Labute approximate surface area is 161 Å². The molecule has 0 unspecified atom stereocenters. The lowest BCUT2D eigenvalue weighted by atomic mass is 10.1. The minimum absolute atomic E-state index is 0.0200. The molecule has 1 N–H and O–H groups in total. The molecule has 2 aromatic rings. The molecule has 1 amide bonds. The van der Waals surface area contributed by atoms with E-state index in [2.05, 4.69) is 4.72 Å². The number of halogens is 3. The van der Waals surface area contributed by atoms with Crippen molar-refractivity contribution < 1.29 is 26.4 Å². The highest BCUT2D eigenvalue weighted by Gasteiger charge is 2.31. The number of nitrogens with zero attached hydrogens (tertiary/aromatic N) is 1. The minimum atomic E-state index is -4.63. The van der Waals surface area contributed by atoms with Crippen molar-refractivity contribution in [1.29, 1.82) is 0 Å². The van der Waals surface area contributed by atoms with Crippen LogP contribution in [0, 0.1) is 6.92 Å². The summed E-state index contributed by atoms with van der Waals surface area (Å²) in [6.45, 7) is 2.36. The van der Waals surface area contributed by atoms with Crippen LogP contribution in [0.3, 0.4) is 0 Å². The number of alkyl halides is 3. The molecule has 0 bridgehead atoms. The molecule has 0 spiro atoms. The van der Waals surface area contributed by atoms with Gasteiger partial charge in [0.1, 0.15) is 0 Å². The molecular weight excluding hydrogens is 393 g/mol. The van der Waals surface area contributed by atoms with Crippen molar-refractivity contribution in [3.63, 3.8) is 0 Å². The van der Waals surface area contributed by atoms with E-state index in [-0.39, 0.29) is 11.6 Å². The number of hydrogen-bond acceptors (Lipinski definition) is 3. The summed E-state index contributed by atoms with van der Waals surface area (Å²) in [4.78, 5) is 13.3. The maximum absolute atomic E-state index is 12.8. The Hall–Kier alpha value is -2.55. The van der Waals surface area contributed by atoms with E-state index in [1.807, 2.05) is 0 Å². The first-order valence-electron chi connectivity index (χ1n) is 8.69. The molecule has 0 aromatic heterocycles. The molecule has 0 atom stereocenters. The van der Waals surface area contributed by atoms with Gasteiger partial charge in [-0.2, -0.15) is 13.2 Å². The van der Waals surface area contributed by atoms with Gasteiger partial charge in [0.25, 0.3) is 10.0 Å². The summed E-state index contributed by atoms with van der Waals surface area (Å²) in [5, 5.41) is 0. The van der Waals surface area contributed by atoms with E-state index in [4.69, 9.17) is 0 Å².